The van der Waals surface area contributed by atoms with Crippen molar-refractivity contribution in [2.45, 2.75) is 33.2 Å². The van der Waals surface area contributed by atoms with Gasteiger partial charge in [-0.25, -0.2) is 0 Å². The molecular formula is C27H34N4O. The van der Waals surface area contributed by atoms with Crippen molar-refractivity contribution in [2.24, 2.45) is 4.99 Å². The van der Waals surface area contributed by atoms with Crippen LogP contribution < -0.4 is 4.90 Å². The van der Waals surface area contributed by atoms with Crippen LogP contribution in [0.5, 0.6) is 0 Å². The zero-order valence-corrected chi connectivity index (χ0v) is 19.3. The van der Waals surface area contributed by atoms with Crippen molar-refractivity contribution in [3.05, 3.63) is 76.8 Å². The first-order valence-corrected chi connectivity index (χ1v) is 11.8. The third-order valence-electron chi connectivity index (χ3n) is 6.23. The lowest BCUT2D eigenvalue weighted by atomic mass is 10.1. The minimum absolute atomic E-state index is 0.689. The van der Waals surface area contributed by atoms with Crippen LogP contribution in [0.2, 0.25) is 0 Å². The van der Waals surface area contributed by atoms with Gasteiger partial charge in [-0.15, -0.1) is 0 Å². The predicted octanol–water partition coefficient (Wildman–Crippen LogP) is 4.96. The molecule has 1 aliphatic carbocycles. The Morgan fingerprint density at radius 2 is 1.72 bits per heavy atom. The molecule has 5 nitrogen and oxygen atoms in total. The summed E-state index contributed by atoms with van der Waals surface area (Å²) in [5, 5.41) is 0. The Hall–Kier alpha value is -2.92. The van der Waals surface area contributed by atoms with Crippen LogP contribution in [-0.2, 0) is 11.3 Å². The molecule has 0 amide bonds. The molecule has 0 radical (unpaired) electrons. The van der Waals surface area contributed by atoms with Gasteiger partial charge in [0.25, 0.3) is 0 Å². The topological polar surface area (TPSA) is 41.0 Å². The Kier molecular flexibility index (Phi) is 7.73. The second-order valence-corrected chi connectivity index (χ2v) is 8.23. The monoisotopic (exact) mass is 430 g/mol. The molecule has 2 heterocycles. The summed E-state index contributed by atoms with van der Waals surface area (Å²) in [6.45, 7) is 10.6. The number of aliphatic imine (C=N–C) groups is 1. The predicted molar refractivity (Wildman–Crippen MR) is 133 cm³/mol. The van der Waals surface area contributed by atoms with Crippen LogP contribution in [0.15, 0.2) is 70.6 Å². The van der Waals surface area contributed by atoms with Crippen molar-refractivity contribution in [3.8, 4) is 0 Å². The number of allylic oxidation sites excluding steroid dienone is 2. The summed E-state index contributed by atoms with van der Waals surface area (Å²) in [5.41, 5.74) is 7.85. The lowest BCUT2D eigenvalue weighted by Crippen LogP contribution is -2.36. The summed E-state index contributed by atoms with van der Waals surface area (Å²) >= 11 is 0. The third kappa shape index (κ3) is 5.46. The first kappa shape index (κ1) is 22.3. The van der Waals surface area contributed by atoms with Crippen molar-refractivity contribution < 1.29 is 4.74 Å². The second kappa shape index (κ2) is 11.1. The van der Waals surface area contributed by atoms with E-state index < -0.39 is 0 Å². The van der Waals surface area contributed by atoms with Crippen molar-refractivity contribution in [3.63, 3.8) is 0 Å². The number of rotatable bonds is 8. The maximum Gasteiger partial charge on any atom is 0.0642 e. The van der Waals surface area contributed by atoms with E-state index in [9.17, 15) is 0 Å². The van der Waals surface area contributed by atoms with E-state index in [4.69, 9.17) is 9.73 Å². The Labute approximate surface area is 192 Å². The van der Waals surface area contributed by atoms with Gasteiger partial charge in [0.15, 0.2) is 0 Å². The van der Waals surface area contributed by atoms with E-state index in [1.807, 2.05) is 24.5 Å². The van der Waals surface area contributed by atoms with E-state index in [0.717, 1.165) is 52.2 Å². The number of aromatic nitrogens is 1. The maximum absolute atomic E-state index is 5.62. The SMILES string of the molecule is CCN(CC)c1ccc(/C=C2\CCC(C=NCc3ccncc3)=C2N2CCOCC2)cc1. The fraction of sp³-hybridized carbons (Fsp3) is 0.407. The number of anilines is 1. The summed E-state index contributed by atoms with van der Waals surface area (Å²) in [7, 11) is 0. The first-order chi connectivity index (χ1) is 15.8. The van der Waals surface area contributed by atoms with Crippen molar-refractivity contribution >= 4 is 18.0 Å². The Balaban J connectivity index is 1.57. The number of ether oxygens (including phenoxy) is 1. The highest BCUT2D eigenvalue weighted by atomic mass is 16.5. The highest BCUT2D eigenvalue weighted by Crippen LogP contribution is 2.35. The zero-order valence-electron chi connectivity index (χ0n) is 19.3. The Morgan fingerprint density at radius 1 is 1.00 bits per heavy atom. The van der Waals surface area contributed by atoms with Crippen LogP contribution in [0.3, 0.4) is 0 Å². The molecule has 0 saturated carbocycles. The Morgan fingerprint density at radius 3 is 2.41 bits per heavy atom. The van der Waals surface area contributed by atoms with Gasteiger partial charge in [0.1, 0.15) is 0 Å². The first-order valence-electron chi connectivity index (χ1n) is 11.8. The fourth-order valence-corrected chi connectivity index (χ4v) is 4.49. The molecule has 1 aliphatic heterocycles. The summed E-state index contributed by atoms with van der Waals surface area (Å²) in [4.78, 5) is 13.7. The number of hydrogen-bond acceptors (Lipinski definition) is 5. The Bertz CT molecular complexity index is 953. The van der Waals surface area contributed by atoms with Crippen LogP contribution in [0.4, 0.5) is 5.69 Å². The molecule has 5 heteroatoms. The normalized spacial score (nSPS) is 18.2. The van der Waals surface area contributed by atoms with Gasteiger partial charge in [-0.2, -0.15) is 0 Å². The van der Waals surface area contributed by atoms with Crippen LogP contribution >= 0.6 is 0 Å². The molecule has 32 heavy (non-hydrogen) atoms. The van der Waals surface area contributed by atoms with Crippen molar-refractivity contribution in [1.29, 1.82) is 0 Å². The molecular weight excluding hydrogens is 396 g/mol. The number of morpholine rings is 1. The summed E-state index contributed by atoms with van der Waals surface area (Å²) in [5.74, 6) is 0. The van der Waals surface area contributed by atoms with Crippen LogP contribution in [0, 0.1) is 0 Å². The molecule has 168 valence electrons. The summed E-state index contributed by atoms with van der Waals surface area (Å²) in [6.07, 6.45) is 10.2. The van der Waals surface area contributed by atoms with E-state index in [-0.39, 0.29) is 0 Å². The van der Waals surface area contributed by atoms with Crippen molar-refractivity contribution in [2.75, 3.05) is 44.3 Å². The van der Waals surface area contributed by atoms with E-state index in [2.05, 4.69) is 65.2 Å². The van der Waals surface area contributed by atoms with Gasteiger partial charge in [-0.1, -0.05) is 12.1 Å². The van der Waals surface area contributed by atoms with Crippen LogP contribution in [-0.4, -0.2) is 55.5 Å². The summed E-state index contributed by atoms with van der Waals surface area (Å²) in [6, 6.07) is 13.0. The molecule has 0 spiro atoms. The molecule has 2 aliphatic rings. The zero-order chi connectivity index (χ0) is 22.2. The van der Waals surface area contributed by atoms with E-state index in [1.54, 1.807) is 0 Å². The lowest BCUT2D eigenvalue weighted by Gasteiger charge is -2.31. The van der Waals surface area contributed by atoms with Crippen LogP contribution in [0.1, 0.15) is 37.8 Å². The fourth-order valence-electron chi connectivity index (χ4n) is 4.49. The van der Waals surface area contributed by atoms with E-state index in [0.29, 0.717) is 6.54 Å². The van der Waals surface area contributed by atoms with Gasteiger partial charge in [0.05, 0.1) is 19.8 Å². The molecule has 1 aromatic carbocycles. The molecule has 2 aromatic rings. The third-order valence-corrected chi connectivity index (χ3v) is 6.23. The second-order valence-electron chi connectivity index (χ2n) is 8.23. The number of benzene rings is 1. The molecule has 0 unspecified atom stereocenters. The quantitative estimate of drug-likeness (QED) is 0.555. The standard InChI is InChI=1S/C27H34N4O/c1-3-30(4-2)26-9-5-22(6-10-26)19-24-7-8-25(27(24)31-15-17-32-18-16-31)21-29-20-23-11-13-28-14-12-23/h5-6,9-14,19,21H,3-4,7-8,15-18,20H2,1-2H3/b24-19+,29-21?. The van der Waals surface area contributed by atoms with Gasteiger partial charge in [-0.05, 0) is 79.3 Å². The summed E-state index contributed by atoms with van der Waals surface area (Å²) < 4.78 is 5.62. The van der Waals surface area contributed by atoms with Gasteiger partial charge < -0.3 is 14.5 Å². The smallest absolute Gasteiger partial charge is 0.0642 e. The van der Waals surface area contributed by atoms with E-state index in [1.165, 1.54) is 33.7 Å². The minimum Gasteiger partial charge on any atom is -0.378 e. The van der Waals surface area contributed by atoms with Gasteiger partial charge in [-0.3, -0.25) is 9.98 Å². The lowest BCUT2D eigenvalue weighted by molar-refractivity contribution is 0.0548. The molecule has 1 fully saturated rings. The molecule has 0 atom stereocenters. The molecule has 1 saturated heterocycles. The highest BCUT2D eigenvalue weighted by Gasteiger charge is 2.25. The number of nitrogens with zero attached hydrogens (tertiary/aromatic N) is 4. The largest absolute Gasteiger partial charge is 0.378 e. The van der Waals surface area contributed by atoms with Gasteiger partial charge in [0.2, 0.25) is 0 Å². The van der Waals surface area contributed by atoms with Gasteiger partial charge >= 0.3 is 0 Å². The highest BCUT2D eigenvalue weighted by molar-refractivity contribution is 5.84. The molecule has 0 bridgehead atoms. The van der Waals surface area contributed by atoms with Gasteiger partial charge in [0, 0.05) is 56.2 Å². The maximum atomic E-state index is 5.62. The minimum atomic E-state index is 0.689. The van der Waals surface area contributed by atoms with E-state index >= 15 is 0 Å². The number of pyridine rings is 1. The average molecular weight is 431 g/mol. The molecule has 0 N–H and O–H groups in total. The average Bonchev–Trinajstić information content (AvgIpc) is 3.24. The van der Waals surface area contributed by atoms with Crippen molar-refractivity contribution in [1.82, 2.24) is 9.88 Å². The molecule has 1 aromatic heterocycles. The molecule has 4 rings (SSSR count). The number of hydrogen-bond donors (Lipinski definition) is 0. The van der Waals surface area contributed by atoms with Crippen LogP contribution in [0.25, 0.3) is 6.08 Å².